The number of aryl methyl sites for hydroxylation is 2. The van der Waals surface area contributed by atoms with Crippen LogP contribution in [0.3, 0.4) is 0 Å². The van der Waals surface area contributed by atoms with Crippen molar-refractivity contribution in [1.82, 2.24) is 19.3 Å². The average Bonchev–Trinajstić information content (AvgIpc) is 3.11. The van der Waals surface area contributed by atoms with Gasteiger partial charge in [-0.05, 0) is 19.8 Å². The lowest BCUT2D eigenvalue weighted by molar-refractivity contribution is 0.182. The largest absolute Gasteiger partial charge is 0.381 e. The van der Waals surface area contributed by atoms with Gasteiger partial charge in [0.05, 0.1) is 17.7 Å². The molecule has 21 heavy (non-hydrogen) atoms. The lowest BCUT2D eigenvalue weighted by Gasteiger charge is -2.14. The molecule has 5 nitrogen and oxygen atoms in total. The van der Waals surface area contributed by atoms with Crippen LogP contribution in [0.1, 0.15) is 43.6 Å². The van der Waals surface area contributed by atoms with E-state index in [0.717, 1.165) is 61.7 Å². The Morgan fingerprint density at radius 2 is 2.29 bits per heavy atom. The summed E-state index contributed by atoms with van der Waals surface area (Å²) in [4.78, 5) is 4.80. The minimum Gasteiger partial charge on any atom is -0.381 e. The second-order valence-corrected chi connectivity index (χ2v) is 6.57. The Hall–Kier alpha value is -1.07. The summed E-state index contributed by atoms with van der Waals surface area (Å²) in [5.74, 6) is 1.49. The van der Waals surface area contributed by atoms with Gasteiger partial charge in [0.1, 0.15) is 11.3 Å². The van der Waals surface area contributed by atoms with E-state index in [1.165, 1.54) is 0 Å². The molecule has 0 N–H and O–H groups in total. The van der Waals surface area contributed by atoms with Crippen molar-refractivity contribution >= 4 is 22.8 Å². The van der Waals surface area contributed by atoms with Gasteiger partial charge >= 0.3 is 0 Å². The third-order valence-electron chi connectivity index (χ3n) is 4.13. The predicted octanol–water partition coefficient (Wildman–Crippen LogP) is 3.06. The molecule has 3 rings (SSSR count). The third-order valence-corrected chi connectivity index (χ3v) is 4.32. The Kier molecular flexibility index (Phi) is 4.22. The summed E-state index contributed by atoms with van der Waals surface area (Å²) in [5, 5.41) is 4.53. The van der Waals surface area contributed by atoms with Crippen molar-refractivity contribution in [2.45, 2.75) is 45.0 Å². The Labute approximate surface area is 130 Å². The van der Waals surface area contributed by atoms with E-state index in [1.807, 2.05) is 18.7 Å². The zero-order valence-electron chi connectivity index (χ0n) is 13.0. The fourth-order valence-corrected chi connectivity index (χ4v) is 3.30. The minimum absolute atomic E-state index is 0.103. The zero-order chi connectivity index (χ0) is 15.0. The van der Waals surface area contributed by atoms with Crippen LogP contribution in [0.2, 0.25) is 0 Å². The molecule has 1 aliphatic rings. The van der Waals surface area contributed by atoms with Gasteiger partial charge in [-0.2, -0.15) is 5.10 Å². The predicted molar refractivity (Wildman–Crippen MR) is 83.7 cm³/mol. The number of imidazole rings is 1. The summed E-state index contributed by atoms with van der Waals surface area (Å²) in [6.45, 7) is 6.75. The first-order valence-electron chi connectivity index (χ1n) is 7.75. The van der Waals surface area contributed by atoms with E-state index < -0.39 is 0 Å². The van der Waals surface area contributed by atoms with Crippen molar-refractivity contribution in [2.24, 2.45) is 13.0 Å². The number of aromatic nitrogens is 4. The number of ether oxygens (including phenoxy) is 1. The van der Waals surface area contributed by atoms with Crippen LogP contribution in [0, 0.1) is 5.92 Å². The lowest BCUT2D eigenvalue weighted by Crippen LogP contribution is -2.15. The van der Waals surface area contributed by atoms with Crippen molar-refractivity contribution in [2.75, 3.05) is 13.2 Å². The van der Waals surface area contributed by atoms with Crippen molar-refractivity contribution in [3.05, 3.63) is 11.5 Å². The molecule has 2 atom stereocenters. The molecule has 1 saturated heterocycles. The maximum absolute atomic E-state index is 6.36. The van der Waals surface area contributed by atoms with Crippen LogP contribution in [0.4, 0.5) is 0 Å². The van der Waals surface area contributed by atoms with Crippen molar-refractivity contribution < 1.29 is 4.74 Å². The van der Waals surface area contributed by atoms with E-state index in [0.29, 0.717) is 5.92 Å². The molecule has 6 heteroatoms. The quantitative estimate of drug-likeness (QED) is 0.797. The van der Waals surface area contributed by atoms with Crippen molar-refractivity contribution in [3.63, 3.8) is 0 Å². The molecule has 0 radical (unpaired) electrons. The van der Waals surface area contributed by atoms with Crippen LogP contribution < -0.4 is 0 Å². The summed E-state index contributed by atoms with van der Waals surface area (Å²) in [6, 6.07) is 0. The number of fused-ring (bicyclic) bond motifs is 1. The van der Waals surface area contributed by atoms with E-state index in [2.05, 4.69) is 16.6 Å². The number of hydrogen-bond acceptors (Lipinski definition) is 3. The van der Waals surface area contributed by atoms with Gasteiger partial charge in [0, 0.05) is 26.1 Å². The van der Waals surface area contributed by atoms with Crippen LogP contribution in [0.15, 0.2) is 0 Å². The van der Waals surface area contributed by atoms with E-state index >= 15 is 0 Å². The second-order valence-electron chi connectivity index (χ2n) is 5.92. The van der Waals surface area contributed by atoms with E-state index in [1.54, 1.807) is 0 Å². The molecule has 0 bridgehead atoms. The summed E-state index contributed by atoms with van der Waals surface area (Å²) in [6.07, 6.45) is 3.13. The van der Waals surface area contributed by atoms with Gasteiger partial charge in [0.25, 0.3) is 0 Å². The number of alkyl halides is 1. The summed E-state index contributed by atoms with van der Waals surface area (Å²) < 4.78 is 9.70. The smallest absolute Gasteiger partial charge is 0.158 e. The molecule has 0 spiro atoms. The van der Waals surface area contributed by atoms with Gasteiger partial charge in [-0.25, -0.2) is 4.98 Å². The van der Waals surface area contributed by atoms with Crippen molar-refractivity contribution in [1.29, 1.82) is 0 Å². The molecule has 1 aliphatic heterocycles. The van der Waals surface area contributed by atoms with Gasteiger partial charge in [0.2, 0.25) is 0 Å². The van der Waals surface area contributed by atoms with Gasteiger partial charge in [-0.1, -0.05) is 13.3 Å². The average molecular weight is 311 g/mol. The summed E-state index contributed by atoms with van der Waals surface area (Å²) in [7, 11) is 1.99. The Bertz CT molecular complexity index is 625. The molecule has 2 unspecified atom stereocenters. The lowest BCUT2D eigenvalue weighted by atomic mass is 10.1. The highest BCUT2D eigenvalue weighted by Crippen LogP contribution is 2.29. The molecule has 0 amide bonds. The van der Waals surface area contributed by atoms with Gasteiger partial charge in [-0.15, -0.1) is 11.6 Å². The molecular formula is C15H23ClN4O. The first-order valence-corrected chi connectivity index (χ1v) is 8.19. The highest BCUT2D eigenvalue weighted by atomic mass is 35.5. The number of halogens is 1. The highest BCUT2D eigenvalue weighted by molar-refractivity contribution is 6.20. The number of nitrogens with zero attached hydrogens (tertiary/aromatic N) is 4. The fourth-order valence-electron chi connectivity index (χ4n) is 3.13. The maximum atomic E-state index is 6.36. The van der Waals surface area contributed by atoms with Crippen LogP contribution >= 0.6 is 11.6 Å². The fraction of sp³-hybridized carbons (Fsp3) is 0.733. The molecule has 116 valence electrons. The number of hydrogen-bond donors (Lipinski definition) is 0. The van der Waals surface area contributed by atoms with Crippen LogP contribution in [-0.4, -0.2) is 32.5 Å². The van der Waals surface area contributed by atoms with Crippen LogP contribution in [0.25, 0.3) is 11.2 Å². The van der Waals surface area contributed by atoms with Crippen LogP contribution in [0.5, 0.6) is 0 Å². The zero-order valence-corrected chi connectivity index (χ0v) is 13.7. The maximum Gasteiger partial charge on any atom is 0.158 e. The first kappa shape index (κ1) is 14.9. The molecule has 1 fully saturated rings. The monoisotopic (exact) mass is 310 g/mol. The minimum atomic E-state index is -0.103. The van der Waals surface area contributed by atoms with Gasteiger partial charge in [-0.3, -0.25) is 4.68 Å². The summed E-state index contributed by atoms with van der Waals surface area (Å²) >= 11 is 6.36. The molecule has 3 heterocycles. The number of rotatable bonds is 5. The molecule has 0 aliphatic carbocycles. The summed E-state index contributed by atoms with van der Waals surface area (Å²) in [5.41, 5.74) is 3.18. The first-order chi connectivity index (χ1) is 10.1. The molecule has 0 saturated carbocycles. The van der Waals surface area contributed by atoms with E-state index in [9.17, 15) is 0 Å². The second kappa shape index (κ2) is 5.97. The molecule has 0 aromatic carbocycles. The topological polar surface area (TPSA) is 44.9 Å². The van der Waals surface area contributed by atoms with Crippen LogP contribution in [-0.2, 0) is 24.8 Å². The Balaban J connectivity index is 2.07. The van der Waals surface area contributed by atoms with Gasteiger partial charge in [0.15, 0.2) is 5.65 Å². The molecule has 2 aromatic rings. The van der Waals surface area contributed by atoms with Crippen molar-refractivity contribution in [3.8, 4) is 0 Å². The molecule has 2 aromatic heterocycles. The van der Waals surface area contributed by atoms with Gasteiger partial charge < -0.3 is 9.30 Å². The Morgan fingerprint density at radius 1 is 1.48 bits per heavy atom. The standard InChI is InChI=1S/C15H23ClN4O/c1-4-5-12-13-15(19(3)18-12)20(14(17-13)10(2)16)8-11-6-7-21-9-11/h10-11H,4-9H2,1-3H3. The van der Waals surface area contributed by atoms with E-state index in [-0.39, 0.29) is 5.38 Å². The third kappa shape index (κ3) is 2.69. The Morgan fingerprint density at radius 3 is 2.90 bits per heavy atom. The SMILES string of the molecule is CCCc1nn(C)c2c1nc(C(C)Cl)n2CC1CCOC1. The highest BCUT2D eigenvalue weighted by Gasteiger charge is 2.24. The van der Waals surface area contributed by atoms with E-state index in [4.69, 9.17) is 21.3 Å². The molecular weight excluding hydrogens is 288 g/mol. The normalized spacial score (nSPS) is 20.5.